The molecule has 1 aliphatic heterocycles. The maximum Gasteiger partial charge on any atom is 0.249 e. The van der Waals surface area contributed by atoms with Crippen molar-refractivity contribution < 1.29 is 50.0 Å². The van der Waals surface area contributed by atoms with Crippen LogP contribution in [0, 0.1) is 0 Å². The van der Waals surface area contributed by atoms with Crippen molar-refractivity contribution in [2.45, 2.75) is 262 Å². The summed E-state index contributed by atoms with van der Waals surface area (Å²) in [5.74, 6) is -0.711. The van der Waals surface area contributed by atoms with E-state index in [2.05, 4.69) is 43.5 Å². The molecule has 0 aromatic rings. The molecule has 0 radical (unpaired) electrons. The van der Waals surface area contributed by atoms with E-state index in [9.17, 15) is 40.5 Å². The molecule has 0 bridgehead atoms. The van der Waals surface area contributed by atoms with E-state index < -0.39 is 74.2 Å². The van der Waals surface area contributed by atoms with E-state index in [-0.39, 0.29) is 12.8 Å². The van der Waals surface area contributed by atoms with Gasteiger partial charge < -0.3 is 50.5 Å². The summed E-state index contributed by atoms with van der Waals surface area (Å²) in [4.78, 5) is 13.0. The summed E-state index contributed by atoms with van der Waals surface area (Å²) in [6.45, 7) is 3.41. The highest BCUT2D eigenvalue weighted by atomic mass is 16.7. The quantitative estimate of drug-likeness (QED) is 0.0221. The number of hydrogen-bond donors (Lipinski definition) is 8. The van der Waals surface area contributed by atoms with Crippen LogP contribution in [0.2, 0.25) is 0 Å². The zero-order chi connectivity index (χ0) is 43.4. The molecule has 1 heterocycles. The molecule has 11 nitrogen and oxygen atoms in total. The number of nitrogens with one attached hydrogen (secondary N) is 1. The summed E-state index contributed by atoms with van der Waals surface area (Å²) in [7, 11) is 0. The minimum atomic E-state index is -1.67. The fourth-order valence-electron chi connectivity index (χ4n) is 7.69. The van der Waals surface area contributed by atoms with Gasteiger partial charge in [-0.05, 0) is 51.4 Å². The van der Waals surface area contributed by atoms with Gasteiger partial charge >= 0.3 is 0 Å². The number of carbonyl (C=O) groups is 1. The molecule has 0 aromatic carbocycles. The van der Waals surface area contributed by atoms with Gasteiger partial charge in [-0.25, -0.2) is 0 Å². The van der Waals surface area contributed by atoms with Crippen molar-refractivity contribution in [3.63, 3.8) is 0 Å². The first-order valence-corrected chi connectivity index (χ1v) is 24.2. The van der Waals surface area contributed by atoms with Gasteiger partial charge in [0, 0.05) is 0 Å². The summed E-state index contributed by atoms with van der Waals surface area (Å²) < 4.78 is 11.1. The van der Waals surface area contributed by atoms with Gasteiger partial charge in [0.1, 0.15) is 36.6 Å². The Bertz CT molecular complexity index is 1010. The number of hydrogen-bond acceptors (Lipinski definition) is 10. The first kappa shape index (κ1) is 55.6. The average Bonchev–Trinajstić information content (AvgIpc) is 3.23. The second-order valence-corrected chi connectivity index (χ2v) is 17.2. The Labute approximate surface area is 359 Å². The zero-order valence-electron chi connectivity index (χ0n) is 37.5. The van der Waals surface area contributed by atoms with Crippen molar-refractivity contribution in [3.05, 3.63) is 24.3 Å². The summed E-state index contributed by atoms with van der Waals surface area (Å²) in [6, 6.07) is -1.19. The molecular weight excluding hydrogens is 751 g/mol. The molecule has 11 heteroatoms. The van der Waals surface area contributed by atoms with Gasteiger partial charge in [-0.3, -0.25) is 4.79 Å². The number of unbranched alkanes of at least 4 members (excludes halogenated alkanes) is 24. The fraction of sp³-hybridized carbons (Fsp3) is 0.896. The second-order valence-electron chi connectivity index (χ2n) is 17.2. The molecule has 0 spiro atoms. The Morgan fingerprint density at radius 3 is 1.51 bits per heavy atom. The lowest BCUT2D eigenvalue weighted by atomic mass is 9.98. The van der Waals surface area contributed by atoms with Crippen LogP contribution in [0.5, 0.6) is 0 Å². The average molecular weight is 842 g/mol. The van der Waals surface area contributed by atoms with Crippen LogP contribution in [0.15, 0.2) is 24.3 Å². The van der Waals surface area contributed by atoms with Gasteiger partial charge in [0.15, 0.2) is 6.29 Å². The first-order valence-electron chi connectivity index (χ1n) is 24.2. The van der Waals surface area contributed by atoms with Crippen molar-refractivity contribution in [3.8, 4) is 0 Å². The molecule has 0 aliphatic carbocycles. The number of rotatable bonds is 40. The highest BCUT2D eigenvalue weighted by Crippen LogP contribution is 2.23. The fourth-order valence-corrected chi connectivity index (χ4v) is 7.69. The highest BCUT2D eigenvalue weighted by molar-refractivity contribution is 5.80. The summed E-state index contributed by atoms with van der Waals surface area (Å²) in [5.41, 5.74) is 0. The predicted octanol–water partition coefficient (Wildman–Crippen LogP) is 8.23. The van der Waals surface area contributed by atoms with Crippen LogP contribution in [-0.4, -0.2) is 110 Å². The molecule has 59 heavy (non-hydrogen) atoms. The molecule has 1 fully saturated rings. The SMILES string of the molecule is CCCCCCCCCCCCCC/C=C/CC/C=C/CCCC(O)C(O)C(COC1OC(CO)C(O)C(O)C1O)NC(=O)C(O)CCCCCCCCCCCCC. The van der Waals surface area contributed by atoms with Crippen molar-refractivity contribution >= 4 is 5.91 Å². The van der Waals surface area contributed by atoms with Crippen LogP contribution in [0.1, 0.15) is 206 Å². The number of allylic oxidation sites excluding steroid dienone is 4. The monoisotopic (exact) mass is 842 g/mol. The lowest BCUT2D eigenvalue weighted by molar-refractivity contribution is -0.303. The maximum absolute atomic E-state index is 13.0. The Balaban J connectivity index is 2.43. The lowest BCUT2D eigenvalue weighted by Gasteiger charge is -2.40. The summed E-state index contributed by atoms with van der Waals surface area (Å²) in [5, 5.41) is 75.6. The van der Waals surface area contributed by atoms with Crippen LogP contribution >= 0.6 is 0 Å². The van der Waals surface area contributed by atoms with Gasteiger partial charge in [0.05, 0.1) is 25.4 Å². The number of carbonyl (C=O) groups excluding carboxylic acids is 1. The van der Waals surface area contributed by atoms with E-state index >= 15 is 0 Å². The minimum Gasteiger partial charge on any atom is -0.394 e. The van der Waals surface area contributed by atoms with E-state index in [1.165, 1.54) is 122 Å². The third kappa shape index (κ3) is 28.0. The largest absolute Gasteiger partial charge is 0.394 e. The molecule has 1 aliphatic rings. The molecule has 9 atom stereocenters. The number of ether oxygens (including phenoxy) is 2. The third-order valence-electron chi connectivity index (χ3n) is 11.7. The molecule has 1 saturated heterocycles. The Morgan fingerprint density at radius 2 is 1.02 bits per heavy atom. The van der Waals surface area contributed by atoms with E-state index in [0.717, 1.165) is 38.5 Å². The zero-order valence-corrected chi connectivity index (χ0v) is 37.5. The molecule has 0 saturated carbocycles. The van der Waals surface area contributed by atoms with Gasteiger partial charge in [0.25, 0.3) is 0 Å². The van der Waals surface area contributed by atoms with E-state index in [0.29, 0.717) is 19.3 Å². The topological polar surface area (TPSA) is 189 Å². The normalized spacial score (nSPS) is 21.9. The molecule has 348 valence electrons. The van der Waals surface area contributed by atoms with Crippen molar-refractivity contribution in [2.75, 3.05) is 13.2 Å². The Kier molecular flexibility index (Phi) is 36.1. The molecule has 1 rings (SSSR count). The van der Waals surface area contributed by atoms with Crippen LogP contribution < -0.4 is 5.32 Å². The van der Waals surface area contributed by atoms with E-state index in [1.54, 1.807) is 0 Å². The van der Waals surface area contributed by atoms with Crippen LogP contribution in [0.4, 0.5) is 0 Å². The van der Waals surface area contributed by atoms with Crippen molar-refractivity contribution in [1.29, 1.82) is 0 Å². The number of aliphatic hydroxyl groups excluding tert-OH is 7. The molecular formula is C48H91NO10. The van der Waals surface area contributed by atoms with E-state index in [4.69, 9.17) is 9.47 Å². The van der Waals surface area contributed by atoms with Gasteiger partial charge in [-0.15, -0.1) is 0 Å². The second kappa shape index (κ2) is 38.3. The first-order chi connectivity index (χ1) is 28.7. The number of aliphatic hydroxyl groups is 7. The smallest absolute Gasteiger partial charge is 0.249 e. The Hall–Kier alpha value is -1.41. The minimum absolute atomic E-state index is 0.248. The summed E-state index contributed by atoms with van der Waals surface area (Å²) >= 11 is 0. The third-order valence-corrected chi connectivity index (χ3v) is 11.7. The standard InChI is InChI=1S/C48H91NO10/c1-3-5-7-9-11-13-15-16-17-18-19-20-21-22-23-24-26-27-29-31-33-35-40(51)43(53)39(38-58-48-46(56)45(55)44(54)42(37-50)59-48)49-47(57)41(52)36-34-32-30-28-25-14-12-10-8-6-4-2/h22-23,27,29,39-46,48,50-56H,3-21,24-26,28,30-38H2,1-2H3,(H,49,57)/b23-22+,29-27+. The predicted molar refractivity (Wildman–Crippen MR) is 238 cm³/mol. The summed E-state index contributed by atoms with van der Waals surface area (Å²) in [6.07, 6.45) is 30.9. The highest BCUT2D eigenvalue weighted by Gasteiger charge is 2.44. The molecule has 1 amide bonds. The molecule has 8 N–H and O–H groups in total. The van der Waals surface area contributed by atoms with E-state index in [1.807, 2.05) is 0 Å². The van der Waals surface area contributed by atoms with Crippen molar-refractivity contribution in [2.24, 2.45) is 0 Å². The Morgan fingerprint density at radius 1 is 0.576 bits per heavy atom. The van der Waals surface area contributed by atoms with Gasteiger partial charge in [-0.2, -0.15) is 0 Å². The maximum atomic E-state index is 13.0. The van der Waals surface area contributed by atoms with Crippen molar-refractivity contribution in [1.82, 2.24) is 5.32 Å². The molecule has 0 aromatic heterocycles. The van der Waals surface area contributed by atoms with Crippen LogP contribution in [0.3, 0.4) is 0 Å². The lowest BCUT2D eigenvalue weighted by Crippen LogP contribution is -2.60. The van der Waals surface area contributed by atoms with Gasteiger partial charge in [-0.1, -0.05) is 179 Å². The van der Waals surface area contributed by atoms with Crippen LogP contribution in [-0.2, 0) is 14.3 Å². The number of amides is 1. The van der Waals surface area contributed by atoms with Gasteiger partial charge in [0.2, 0.25) is 5.91 Å². The van der Waals surface area contributed by atoms with Crippen LogP contribution in [0.25, 0.3) is 0 Å². The molecule has 9 unspecified atom stereocenters.